The second kappa shape index (κ2) is 13.0. The van der Waals surface area contributed by atoms with Crippen LogP contribution in [0.15, 0.2) is 49.2 Å². The molecule has 7 heteroatoms. The maximum absolute atomic E-state index is 12.0. The lowest BCUT2D eigenvalue weighted by molar-refractivity contribution is -0.384. The van der Waals surface area contributed by atoms with Gasteiger partial charge >= 0.3 is 6.09 Å². The number of benzene rings is 1. The number of carbonyl (C=O) groups is 1. The second-order valence-electron chi connectivity index (χ2n) is 9.90. The van der Waals surface area contributed by atoms with Gasteiger partial charge in [0.1, 0.15) is 5.60 Å². The number of hydrogen-bond acceptors (Lipinski definition) is 5. The second-order valence-corrected chi connectivity index (χ2v) is 9.90. The highest BCUT2D eigenvalue weighted by molar-refractivity contribution is 5.68. The molecule has 1 fully saturated rings. The minimum absolute atomic E-state index is 0.160. The molecule has 0 aromatic heterocycles. The van der Waals surface area contributed by atoms with E-state index in [1.807, 2.05) is 45.9 Å². The Morgan fingerprint density at radius 1 is 1.27 bits per heavy atom. The van der Waals surface area contributed by atoms with Gasteiger partial charge in [-0.2, -0.15) is 0 Å². The molecule has 0 bridgehead atoms. The van der Waals surface area contributed by atoms with Crippen molar-refractivity contribution < 1.29 is 14.5 Å². The molecule has 184 valence electrons. The standard InChI is InChI=1S/C16H28N2O2.C10H13NO2/c1-7-10-18(13(2)3)14-8-11-17(12-9-14)15(19)20-16(4,5)6;1-8(2)7-9-3-5-10(6-4-9)11(12)13/h7,14H,1-2,8-12H2,3-6H3;3-6,8H,7H2,1-2H3. The largest absolute Gasteiger partial charge is 0.444 e. The third-order valence-corrected chi connectivity index (χ3v) is 5.16. The number of ether oxygens (including phenoxy) is 1. The molecule has 2 rings (SSSR count). The van der Waals surface area contributed by atoms with Crippen molar-refractivity contribution in [2.45, 2.75) is 72.4 Å². The first kappa shape index (κ1) is 28.2. The number of nitrogens with zero attached hydrogens (tertiary/aromatic N) is 3. The Labute approximate surface area is 199 Å². The fraction of sp³-hybridized carbons (Fsp3) is 0.577. The van der Waals surface area contributed by atoms with Crippen LogP contribution in [0.25, 0.3) is 0 Å². The molecule has 7 nitrogen and oxygen atoms in total. The summed E-state index contributed by atoms with van der Waals surface area (Å²) in [7, 11) is 0. The first-order valence-electron chi connectivity index (χ1n) is 11.6. The molecule has 1 amide bonds. The summed E-state index contributed by atoms with van der Waals surface area (Å²) >= 11 is 0. The van der Waals surface area contributed by atoms with Crippen LogP contribution < -0.4 is 0 Å². The van der Waals surface area contributed by atoms with Crippen LogP contribution in [0.1, 0.15) is 59.9 Å². The number of nitro groups is 1. The van der Waals surface area contributed by atoms with Crippen LogP contribution in [-0.4, -0.2) is 52.1 Å². The Morgan fingerprint density at radius 2 is 1.82 bits per heavy atom. The van der Waals surface area contributed by atoms with Crippen LogP contribution in [0.3, 0.4) is 0 Å². The van der Waals surface area contributed by atoms with Crippen LogP contribution >= 0.6 is 0 Å². The molecule has 1 aliphatic heterocycles. The highest BCUT2D eigenvalue weighted by Gasteiger charge is 2.29. The molecular weight excluding hydrogens is 418 g/mol. The van der Waals surface area contributed by atoms with E-state index in [-0.39, 0.29) is 16.7 Å². The number of likely N-dealkylation sites (tertiary alicyclic amines) is 1. The summed E-state index contributed by atoms with van der Waals surface area (Å²) in [4.78, 5) is 26.0. The van der Waals surface area contributed by atoms with E-state index in [9.17, 15) is 14.9 Å². The smallest absolute Gasteiger partial charge is 0.410 e. The Kier molecular flexibility index (Phi) is 11.1. The molecule has 33 heavy (non-hydrogen) atoms. The highest BCUT2D eigenvalue weighted by atomic mass is 16.6. The normalized spacial score (nSPS) is 14.2. The van der Waals surface area contributed by atoms with E-state index in [0.717, 1.165) is 50.2 Å². The van der Waals surface area contributed by atoms with Gasteiger partial charge in [0.2, 0.25) is 0 Å². The van der Waals surface area contributed by atoms with Crippen molar-refractivity contribution in [2.75, 3.05) is 19.6 Å². The van der Waals surface area contributed by atoms with Crippen LogP contribution in [0.5, 0.6) is 0 Å². The first-order chi connectivity index (χ1) is 15.3. The van der Waals surface area contributed by atoms with Crippen molar-refractivity contribution in [3.05, 3.63) is 64.9 Å². The SMILES string of the molecule is C=CCN(C(=C)C)C1CCN(C(=O)OC(C)(C)C)CC1.CC(C)Cc1ccc([N+](=O)[O-])cc1. The monoisotopic (exact) mass is 459 g/mol. The molecule has 1 aromatic rings. The lowest BCUT2D eigenvalue weighted by Crippen LogP contribution is -2.47. The van der Waals surface area contributed by atoms with Crippen LogP contribution in [0, 0.1) is 16.0 Å². The number of rotatable bonds is 7. The van der Waals surface area contributed by atoms with Crippen LogP contribution in [-0.2, 0) is 11.2 Å². The van der Waals surface area contributed by atoms with Crippen molar-refractivity contribution in [2.24, 2.45) is 5.92 Å². The zero-order valence-corrected chi connectivity index (χ0v) is 21.2. The molecule has 0 radical (unpaired) electrons. The zero-order valence-electron chi connectivity index (χ0n) is 21.2. The van der Waals surface area contributed by atoms with Gasteiger partial charge in [0.25, 0.3) is 5.69 Å². The minimum atomic E-state index is -0.430. The number of piperidine rings is 1. The molecule has 0 spiro atoms. The summed E-state index contributed by atoms with van der Waals surface area (Å²) in [5.41, 5.74) is 1.94. The fourth-order valence-corrected chi connectivity index (χ4v) is 3.67. The molecule has 0 unspecified atom stereocenters. The van der Waals surface area contributed by atoms with Crippen molar-refractivity contribution in [3.63, 3.8) is 0 Å². The van der Waals surface area contributed by atoms with Crippen molar-refractivity contribution in [1.29, 1.82) is 0 Å². The average molecular weight is 460 g/mol. The molecule has 1 aliphatic rings. The summed E-state index contributed by atoms with van der Waals surface area (Å²) in [6, 6.07) is 7.18. The van der Waals surface area contributed by atoms with Crippen LogP contribution in [0.4, 0.5) is 10.5 Å². The number of non-ortho nitro benzene ring substituents is 1. The predicted octanol–water partition coefficient (Wildman–Crippen LogP) is 6.20. The van der Waals surface area contributed by atoms with Gasteiger partial charge in [-0.1, -0.05) is 38.6 Å². The quantitative estimate of drug-likeness (QED) is 0.276. The van der Waals surface area contributed by atoms with Gasteiger partial charge < -0.3 is 14.5 Å². The molecule has 0 atom stereocenters. The lowest BCUT2D eigenvalue weighted by atomic mass is 10.0. The number of hydrogen-bond donors (Lipinski definition) is 0. The third-order valence-electron chi connectivity index (χ3n) is 5.16. The van der Waals surface area contributed by atoms with E-state index >= 15 is 0 Å². The molecule has 0 saturated carbocycles. The van der Waals surface area contributed by atoms with E-state index < -0.39 is 5.60 Å². The Morgan fingerprint density at radius 3 is 2.21 bits per heavy atom. The first-order valence-corrected chi connectivity index (χ1v) is 11.6. The number of nitro benzene ring substituents is 1. The number of carbonyl (C=O) groups excluding carboxylic acids is 1. The summed E-state index contributed by atoms with van der Waals surface area (Å²) in [6.45, 7) is 22.1. The molecule has 0 aliphatic carbocycles. The van der Waals surface area contributed by atoms with Crippen LogP contribution in [0.2, 0.25) is 0 Å². The van der Waals surface area contributed by atoms with Gasteiger partial charge in [-0.05, 0) is 58.4 Å². The lowest BCUT2D eigenvalue weighted by Gasteiger charge is -2.39. The highest BCUT2D eigenvalue weighted by Crippen LogP contribution is 2.21. The maximum Gasteiger partial charge on any atom is 0.410 e. The van der Waals surface area contributed by atoms with Gasteiger partial charge in [0, 0.05) is 43.5 Å². The van der Waals surface area contributed by atoms with Crippen molar-refractivity contribution in [1.82, 2.24) is 9.80 Å². The molecule has 0 N–H and O–H groups in total. The van der Waals surface area contributed by atoms with Crippen molar-refractivity contribution in [3.8, 4) is 0 Å². The Bertz CT molecular complexity index is 789. The predicted molar refractivity (Wildman–Crippen MR) is 134 cm³/mol. The molecule has 1 aromatic carbocycles. The van der Waals surface area contributed by atoms with Gasteiger partial charge in [0.05, 0.1) is 4.92 Å². The van der Waals surface area contributed by atoms with E-state index in [4.69, 9.17) is 4.74 Å². The summed E-state index contributed by atoms with van der Waals surface area (Å²) in [5.74, 6) is 0.585. The Balaban J connectivity index is 0.000000361. The van der Waals surface area contributed by atoms with E-state index in [1.54, 1.807) is 17.0 Å². The van der Waals surface area contributed by atoms with Gasteiger partial charge in [-0.25, -0.2) is 4.79 Å². The molecule has 1 heterocycles. The topological polar surface area (TPSA) is 75.9 Å². The summed E-state index contributed by atoms with van der Waals surface area (Å²) in [5, 5.41) is 10.3. The van der Waals surface area contributed by atoms with Gasteiger partial charge in [-0.15, -0.1) is 6.58 Å². The van der Waals surface area contributed by atoms with Gasteiger partial charge in [-0.3, -0.25) is 10.1 Å². The zero-order chi connectivity index (χ0) is 25.2. The van der Waals surface area contributed by atoms with E-state index in [0.29, 0.717) is 12.0 Å². The Hall–Kier alpha value is -2.83. The molecule has 1 saturated heterocycles. The minimum Gasteiger partial charge on any atom is -0.444 e. The number of allylic oxidation sites excluding steroid dienone is 1. The summed E-state index contributed by atoms with van der Waals surface area (Å²) < 4.78 is 5.41. The average Bonchev–Trinajstić information content (AvgIpc) is 2.71. The van der Waals surface area contributed by atoms with Crippen molar-refractivity contribution >= 4 is 11.8 Å². The summed E-state index contributed by atoms with van der Waals surface area (Å²) in [6.07, 6.45) is 4.55. The third kappa shape index (κ3) is 10.6. The number of amides is 1. The maximum atomic E-state index is 12.0. The fourth-order valence-electron chi connectivity index (χ4n) is 3.67. The van der Waals surface area contributed by atoms with E-state index in [1.165, 1.54) is 0 Å². The molecular formula is C26H41N3O4. The van der Waals surface area contributed by atoms with Gasteiger partial charge in [0.15, 0.2) is 0 Å². The van der Waals surface area contributed by atoms with E-state index in [2.05, 4.69) is 31.9 Å².